The van der Waals surface area contributed by atoms with Gasteiger partial charge in [-0.05, 0) is 38.2 Å². The van der Waals surface area contributed by atoms with Crippen molar-refractivity contribution < 1.29 is 19.4 Å². The van der Waals surface area contributed by atoms with Gasteiger partial charge in [0.2, 0.25) is 5.91 Å². The van der Waals surface area contributed by atoms with E-state index in [0.717, 1.165) is 5.75 Å². The summed E-state index contributed by atoms with van der Waals surface area (Å²) in [7, 11) is 3.26. The lowest BCUT2D eigenvalue weighted by Gasteiger charge is -2.20. The summed E-state index contributed by atoms with van der Waals surface area (Å²) in [6, 6.07) is 6.41. The maximum atomic E-state index is 11.7. The summed E-state index contributed by atoms with van der Waals surface area (Å²) in [4.78, 5) is 24.2. The van der Waals surface area contributed by atoms with Gasteiger partial charge in [-0.25, -0.2) is 0 Å². The number of benzene rings is 1. The van der Waals surface area contributed by atoms with Crippen molar-refractivity contribution in [1.82, 2.24) is 4.90 Å². The highest BCUT2D eigenvalue weighted by molar-refractivity contribution is 5.90. The molecule has 0 bridgehead atoms. The molecule has 6 heteroatoms. The molecule has 1 rings (SSSR count). The minimum absolute atomic E-state index is 0.153. The molecule has 0 aliphatic carbocycles. The van der Waals surface area contributed by atoms with Crippen molar-refractivity contribution in [1.29, 1.82) is 0 Å². The van der Waals surface area contributed by atoms with Gasteiger partial charge in [0.1, 0.15) is 11.8 Å². The van der Waals surface area contributed by atoms with Crippen LogP contribution in [0.1, 0.15) is 13.3 Å². The molecule has 0 saturated carbocycles. The van der Waals surface area contributed by atoms with Crippen LogP contribution in [0.2, 0.25) is 0 Å². The maximum absolute atomic E-state index is 11.7. The predicted octanol–water partition coefficient (Wildman–Crippen LogP) is 1.43. The lowest BCUT2D eigenvalue weighted by atomic mass is 10.2. The normalized spacial score (nSPS) is 12.0. The third-order valence-electron chi connectivity index (χ3n) is 3.08. The van der Waals surface area contributed by atoms with Gasteiger partial charge in [0, 0.05) is 18.7 Å². The molecular formula is C14H20N2O4. The molecule has 110 valence electrons. The number of amides is 1. The average molecular weight is 280 g/mol. The summed E-state index contributed by atoms with van der Waals surface area (Å²) in [6.07, 6.45) is 0.236. The number of carbonyl (C=O) groups is 2. The van der Waals surface area contributed by atoms with Gasteiger partial charge < -0.3 is 15.2 Å². The standard InChI is InChI=1S/C14H20N2O4/c1-10(14(18)19)16(2)9-8-13(17)15-11-4-6-12(20-3)7-5-11/h4-7,10H,8-9H2,1-3H3,(H,15,17)(H,18,19). The summed E-state index contributed by atoms with van der Waals surface area (Å²) in [5.74, 6) is -0.333. The molecule has 1 aromatic carbocycles. The first-order chi connectivity index (χ1) is 9.43. The number of hydrogen-bond acceptors (Lipinski definition) is 4. The van der Waals surface area contributed by atoms with E-state index in [1.54, 1.807) is 50.2 Å². The largest absolute Gasteiger partial charge is 0.497 e. The van der Waals surface area contributed by atoms with Gasteiger partial charge >= 0.3 is 5.97 Å². The van der Waals surface area contributed by atoms with E-state index >= 15 is 0 Å². The minimum Gasteiger partial charge on any atom is -0.497 e. The molecule has 0 fully saturated rings. The third-order valence-corrected chi connectivity index (χ3v) is 3.08. The summed E-state index contributed by atoms with van der Waals surface area (Å²) < 4.78 is 5.03. The smallest absolute Gasteiger partial charge is 0.320 e. The molecule has 1 amide bonds. The number of nitrogens with one attached hydrogen (secondary N) is 1. The second kappa shape index (κ2) is 7.49. The van der Waals surface area contributed by atoms with Gasteiger partial charge in [-0.1, -0.05) is 0 Å². The number of methoxy groups -OCH3 is 1. The minimum atomic E-state index is -0.900. The molecule has 0 saturated heterocycles. The Labute approximate surface area is 118 Å². The number of carboxylic acid groups (broad SMARTS) is 1. The fraction of sp³-hybridized carbons (Fsp3) is 0.429. The molecule has 1 atom stereocenters. The molecule has 0 radical (unpaired) electrons. The average Bonchev–Trinajstić information content (AvgIpc) is 2.44. The van der Waals surface area contributed by atoms with Crippen LogP contribution in [0.5, 0.6) is 5.75 Å². The van der Waals surface area contributed by atoms with Crippen LogP contribution in [0.15, 0.2) is 24.3 Å². The van der Waals surface area contributed by atoms with E-state index in [1.165, 1.54) is 0 Å². The Morgan fingerprint density at radius 3 is 2.45 bits per heavy atom. The van der Waals surface area contributed by atoms with Crippen LogP contribution in [0.25, 0.3) is 0 Å². The first-order valence-corrected chi connectivity index (χ1v) is 6.31. The molecule has 0 heterocycles. The maximum Gasteiger partial charge on any atom is 0.320 e. The zero-order valence-electron chi connectivity index (χ0n) is 11.9. The Hall–Kier alpha value is -2.08. The molecule has 0 aliphatic heterocycles. The van der Waals surface area contributed by atoms with Gasteiger partial charge in [-0.3, -0.25) is 14.5 Å². The van der Waals surface area contributed by atoms with E-state index in [4.69, 9.17) is 9.84 Å². The molecule has 2 N–H and O–H groups in total. The highest BCUT2D eigenvalue weighted by Gasteiger charge is 2.17. The Kier molecular flexibility index (Phi) is 5.99. The molecular weight excluding hydrogens is 260 g/mol. The Bertz CT molecular complexity index is 459. The number of hydrogen-bond donors (Lipinski definition) is 2. The van der Waals surface area contributed by atoms with Crippen molar-refractivity contribution in [2.24, 2.45) is 0 Å². The van der Waals surface area contributed by atoms with Crippen LogP contribution >= 0.6 is 0 Å². The predicted molar refractivity (Wildman–Crippen MR) is 76.0 cm³/mol. The topological polar surface area (TPSA) is 78.9 Å². The highest BCUT2D eigenvalue weighted by Crippen LogP contribution is 2.15. The van der Waals surface area contributed by atoms with Crippen molar-refractivity contribution in [3.63, 3.8) is 0 Å². The van der Waals surface area contributed by atoms with Crippen molar-refractivity contribution >= 4 is 17.6 Å². The van der Waals surface area contributed by atoms with Gasteiger partial charge in [-0.15, -0.1) is 0 Å². The van der Waals surface area contributed by atoms with Gasteiger partial charge in [0.15, 0.2) is 0 Å². The zero-order valence-corrected chi connectivity index (χ0v) is 11.9. The number of carbonyl (C=O) groups excluding carboxylic acids is 1. The van der Waals surface area contributed by atoms with E-state index < -0.39 is 12.0 Å². The summed E-state index contributed by atoms with van der Waals surface area (Å²) in [5, 5.41) is 11.6. The Morgan fingerprint density at radius 1 is 1.35 bits per heavy atom. The molecule has 1 unspecified atom stereocenters. The van der Waals surface area contributed by atoms with Crippen LogP contribution in [0.3, 0.4) is 0 Å². The fourth-order valence-corrected chi connectivity index (χ4v) is 1.56. The molecule has 0 aliphatic rings. The van der Waals surface area contributed by atoms with Crippen LogP contribution in [-0.2, 0) is 9.59 Å². The van der Waals surface area contributed by atoms with E-state index in [1.807, 2.05) is 0 Å². The van der Waals surface area contributed by atoms with Crippen LogP contribution < -0.4 is 10.1 Å². The number of likely N-dealkylation sites (N-methyl/N-ethyl adjacent to an activating group) is 1. The molecule has 6 nitrogen and oxygen atoms in total. The summed E-state index contributed by atoms with van der Waals surface area (Å²) in [6.45, 7) is 1.97. The van der Waals surface area contributed by atoms with E-state index in [2.05, 4.69) is 5.32 Å². The van der Waals surface area contributed by atoms with E-state index in [9.17, 15) is 9.59 Å². The van der Waals surface area contributed by atoms with Crippen molar-refractivity contribution in [2.45, 2.75) is 19.4 Å². The number of carboxylic acids is 1. The van der Waals surface area contributed by atoms with Crippen LogP contribution in [0.4, 0.5) is 5.69 Å². The number of nitrogens with zero attached hydrogens (tertiary/aromatic N) is 1. The fourth-order valence-electron chi connectivity index (χ4n) is 1.56. The number of anilines is 1. The second-order valence-electron chi connectivity index (χ2n) is 4.52. The first kappa shape index (κ1) is 16.0. The molecule has 0 spiro atoms. The quantitative estimate of drug-likeness (QED) is 0.790. The zero-order chi connectivity index (χ0) is 15.1. The van der Waals surface area contributed by atoms with Gasteiger partial charge in [-0.2, -0.15) is 0 Å². The SMILES string of the molecule is COc1ccc(NC(=O)CCN(C)C(C)C(=O)O)cc1. The molecule has 0 aromatic heterocycles. The van der Waals surface area contributed by atoms with Gasteiger partial charge in [0.25, 0.3) is 0 Å². The lowest BCUT2D eigenvalue weighted by molar-refractivity contribution is -0.142. The van der Waals surface area contributed by atoms with E-state index in [0.29, 0.717) is 12.2 Å². The summed E-state index contributed by atoms with van der Waals surface area (Å²) >= 11 is 0. The Balaban J connectivity index is 2.41. The Morgan fingerprint density at radius 2 is 1.95 bits per heavy atom. The van der Waals surface area contributed by atoms with Gasteiger partial charge in [0.05, 0.1) is 7.11 Å². The monoisotopic (exact) mass is 280 g/mol. The van der Waals surface area contributed by atoms with Crippen LogP contribution in [0, 0.1) is 0 Å². The van der Waals surface area contributed by atoms with E-state index in [-0.39, 0.29) is 12.3 Å². The van der Waals surface area contributed by atoms with Crippen molar-refractivity contribution in [3.05, 3.63) is 24.3 Å². The number of rotatable bonds is 7. The van der Waals surface area contributed by atoms with Crippen LogP contribution in [-0.4, -0.2) is 48.6 Å². The third kappa shape index (κ3) is 4.89. The van der Waals surface area contributed by atoms with Crippen molar-refractivity contribution in [2.75, 3.05) is 26.0 Å². The summed E-state index contributed by atoms with van der Waals surface area (Å²) in [5.41, 5.74) is 0.685. The number of ether oxygens (including phenoxy) is 1. The molecule has 1 aromatic rings. The highest BCUT2D eigenvalue weighted by atomic mass is 16.5. The second-order valence-corrected chi connectivity index (χ2v) is 4.52. The van der Waals surface area contributed by atoms with Crippen molar-refractivity contribution in [3.8, 4) is 5.75 Å². The first-order valence-electron chi connectivity index (χ1n) is 6.31. The molecule has 20 heavy (non-hydrogen) atoms. The lowest BCUT2D eigenvalue weighted by Crippen LogP contribution is -2.37. The number of aliphatic carboxylic acids is 1.